The quantitative estimate of drug-likeness (QED) is 0.489. The van der Waals surface area contributed by atoms with Crippen LogP contribution in [0.2, 0.25) is 19.6 Å². The van der Waals surface area contributed by atoms with Gasteiger partial charge in [-0.15, -0.1) is 0 Å². The van der Waals surface area contributed by atoms with Gasteiger partial charge < -0.3 is 4.74 Å². The molecule has 1 heterocycles. The molecule has 0 radical (unpaired) electrons. The first-order valence-corrected chi connectivity index (χ1v) is 9.85. The van der Waals surface area contributed by atoms with E-state index >= 15 is 0 Å². The van der Waals surface area contributed by atoms with Gasteiger partial charge in [0.15, 0.2) is 0 Å². The van der Waals surface area contributed by atoms with Gasteiger partial charge in [-0.25, -0.2) is 0 Å². The lowest BCUT2D eigenvalue weighted by molar-refractivity contribution is 0.187. The maximum atomic E-state index is 6.12. The Bertz CT molecular complexity index is 261. The van der Waals surface area contributed by atoms with Crippen LogP contribution in [0.3, 0.4) is 0 Å². The van der Waals surface area contributed by atoms with E-state index < -0.39 is 8.07 Å². The van der Waals surface area contributed by atoms with Crippen LogP contribution in [0, 0.1) is 11.3 Å². The van der Waals surface area contributed by atoms with Crippen molar-refractivity contribution in [3.05, 3.63) is 0 Å². The van der Waals surface area contributed by atoms with Gasteiger partial charge in [-0.2, -0.15) is 0 Å². The molecule has 1 aliphatic heterocycles. The monoisotopic (exact) mass is 226 g/mol. The average Bonchev–Trinajstić information content (AvgIpc) is 2.74. The Kier molecular flexibility index (Phi) is 2.41. The van der Waals surface area contributed by atoms with E-state index in [1.807, 2.05) is 0 Å². The zero-order chi connectivity index (χ0) is 11.5. The van der Waals surface area contributed by atoms with Gasteiger partial charge in [0, 0.05) is 0 Å². The molecule has 0 aromatic heterocycles. The Hall–Kier alpha value is 0.177. The van der Waals surface area contributed by atoms with Crippen molar-refractivity contribution in [1.82, 2.24) is 0 Å². The number of fused-ring (bicyclic) bond motifs is 1. The summed E-state index contributed by atoms with van der Waals surface area (Å²) in [5.74, 6) is 0.870. The molecule has 2 rings (SSSR count). The van der Waals surface area contributed by atoms with E-state index in [1.165, 1.54) is 19.3 Å². The van der Waals surface area contributed by atoms with Crippen molar-refractivity contribution >= 4 is 8.07 Å². The largest absolute Gasteiger partial charge is 0.370 e. The zero-order valence-corrected chi connectivity index (χ0v) is 12.2. The summed E-state index contributed by atoms with van der Waals surface area (Å²) in [6.45, 7) is 14.5. The highest BCUT2D eigenvalue weighted by Gasteiger charge is 2.66. The van der Waals surface area contributed by atoms with Crippen molar-refractivity contribution in [3.63, 3.8) is 0 Å². The van der Waals surface area contributed by atoms with E-state index in [2.05, 4.69) is 40.4 Å². The van der Waals surface area contributed by atoms with Crippen LogP contribution in [0.15, 0.2) is 0 Å². The van der Waals surface area contributed by atoms with Crippen LogP contribution < -0.4 is 0 Å². The van der Waals surface area contributed by atoms with Crippen LogP contribution in [0.5, 0.6) is 0 Å². The summed E-state index contributed by atoms with van der Waals surface area (Å²) in [4.78, 5) is 0. The van der Waals surface area contributed by atoms with E-state index in [0.29, 0.717) is 16.7 Å². The van der Waals surface area contributed by atoms with Gasteiger partial charge in [0.25, 0.3) is 0 Å². The number of ether oxygens (including phenoxy) is 1. The van der Waals surface area contributed by atoms with E-state index in [0.717, 1.165) is 5.92 Å². The molecule has 0 unspecified atom stereocenters. The summed E-state index contributed by atoms with van der Waals surface area (Å²) in [5.41, 5.74) is 0.470. The minimum atomic E-state index is -1.12. The molecule has 1 saturated heterocycles. The Morgan fingerprint density at radius 3 is 2.20 bits per heavy atom. The predicted molar refractivity (Wildman–Crippen MR) is 67.7 cm³/mol. The fourth-order valence-corrected chi connectivity index (χ4v) is 5.74. The molecule has 2 fully saturated rings. The Morgan fingerprint density at radius 2 is 1.80 bits per heavy atom. The third kappa shape index (κ3) is 1.80. The molecule has 0 amide bonds. The molecule has 1 nitrogen and oxygen atoms in total. The van der Waals surface area contributed by atoms with Crippen molar-refractivity contribution in [2.45, 2.75) is 71.0 Å². The number of rotatable bonds is 1. The summed E-state index contributed by atoms with van der Waals surface area (Å²) < 4.78 is 6.12. The SMILES string of the molecule is CC(C)(C)[C@H]1CC[C@@]2([Si](C)(C)C)O[C@H]2C1. The first-order chi connectivity index (χ1) is 6.67. The maximum Gasteiger partial charge on any atom is 0.0858 e. The molecule has 0 aromatic carbocycles. The van der Waals surface area contributed by atoms with Gasteiger partial charge >= 0.3 is 0 Å². The number of epoxide rings is 1. The Balaban J connectivity index is 2.04. The normalized spacial score (nSPS) is 41.2. The first kappa shape index (κ1) is 11.7. The third-order valence-corrected chi connectivity index (χ3v) is 7.90. The summed E-state index contributed by atoms with van der Waals surface area (Å²) >= 11 is 0. The van der Waals surface area contributed by atoms with Gasteiger partial charge in [0.2, 0.25) is 0 Å². The minimum Gasteiger partial charge on any atom is -0.370 e. The van der Waals surface area contributed by atoms with E-state index in [-0.39, 0.29) is 0 Å². The molecule has 88 valence electrons. The van der Waals surface area contributed by atoms with E-state index in [1.54, 1.807) is 0 Å². The van der Waals surface area contributed by atoms with Crippen molar-refractivity contribution in [2.24, 2.45) is 11.3 Å². The van der Waals surface area contributed by atoms with E-state index in [4.69, 9.17) is 4.74 Å². The molecule has 2 heteroatoms. The smallest absolute Gasteiger partial charge is 0.0858 e. The van der Waals surface area contributed by atoms with Crippen LogP contribution in [-0.4, -0.2) is 19.4 Å². The molecule has 2 aliphatic rings. The lowest BCUT2D eigenvalue weighted by atomic mass is 9.72. The molecule has 0 N–H and O–H groups in total. The second-order valence-electron chi connectivity index (χ2n) is 7.58. The molecule has 1 aliphatic carbocycles. The highest BCUT2D eigenvalue weighted by molar-refractivity contribution is 6.79. The van der Waals surface area contributed by atoms with Crippen LogP contribution in [0.4, 0.5) is 0 Å². The van der Waals surface area contributed by atoms with Gasteiger partial charge in [-0.05, 0) is 30.6 Å². The van der Waals surface area contributed by atoms with Crippen LogP contribution in [-0.2, 0) is 4.74 Å². The molecule has 0 spiro atoms. The van der Waals surface area contributed by atoms with Crippen molar-refractivity contribution < 1.29 is 4.74 Å². The maximum absolute atomic E-state index is 6.12. The first-order valence-electron chi connectivity index (χ1n) is 6.35. The fraction of sp³-hybridized carbons (Fsp3) is 1.00. The van der Waals surface area contributed by atoms with Crippen LogP contribution in [0.1, 0.15) is 40.0 Å². The summed E-state index contributed by atoms with van der Waals surface area (Å²) in [5, 5.41) is 0.370. The number of hydrogen-bond acceptors (Lipinski definition) is 1. The third-order valence-electron chi connectivity index (χ3n) is 4.67. The molecule has 0 bridgehead atoms. The predicted octanol–water partition coefficient (Wildman–Crippen LogP) is 3.85. The van der Waals surface area contributed by atoms with Gasteiger partial charge in [0.05, 0.1) is 19.4 Å². The highest BCUT2D eigenvalue weighted by atomic mass is 28.3. The minimum absolute atomic E-state index is 0.370. The lowest BCUT2D eigenvalue weighted by Gasteiger charge is -2.37. The molecular weight excluding hydrogens is 200 g/mol. The van der Waals surface area contributed by atoms with Gasteiger partial charge in [-0.3, -0.25) is 0 Å². The molecule has 0 aromatic rings. The van der Waals surface area contributed by atoms with Gasteiger partial charge in [-0.1, -0.05) is 40.4 Å². The number of hydrogen-bond donors (Lipinski definition) is 0. The molecule has 1 saturated carbocycles. The van der Waals surface area contributed by atoms with Crippen molar-refractivity contribution in [2.75, 3.05) is 0 Å². The highest BCUT2D eigenvalue weighted by Crippen LogP contribution is 2.57. The van der Waals surface area contributed by atoms with Crippen molar-refractivity contribution in [1.29, 1.82) is 0 Å². The summed E-state index contributed by atoms with van der Waals surface area (Å²) in [7, 11) is -1.12. The van der Waals surface area contributed by atoms with Crippen LogP contribution >= 0.6 is 0 Å². The molecule has 3 atom stereocenters. The molecular formula is C13H26OSi. The van der Waals surface area contributed by atoms with Gasteiger partial charge in [0.1, 0.15) is 0 Å². The fourth-order valence-electron chi connectivity index (χ4n) is 3.26. The average molecular weight is 226 g/mol. The second-order valence-corrected chi connectivity index (χ2v) is 12.9. The Morgan fingerprint density at radius 1 is 1.20 bits per heavy atom. The Labute approximate surface area is 95.6 Å². The lowest BCUT2D eigenvalue weighted by Crippen LogP contribution is -2.47. The standard InChI is InChI=1S/C13H26OSi/c1-12(2,3)10-7-8-13(15(4,5)6)11(9-10)14-13/h10-11H,7-9H2,1-6H3/t10-,11-,13-/m0/s1. The van der Waals surface area contributed by atoms with E-state index in [9.17, 15) is 0 Å². The topological polar surface area (TPSA) is 12.5 Å². The van der Waals surface area contributed by atoms with Crippen molar-refractivity contribution in [3.8, 4) is 0 Å². The second kappa shape index (κ2) is 3.10. The molecule has 15 heavy (non-hydrogen) atoms. The van der Waals surface area contributed by atoms with Crippen LogP contribution in [0.25, 0.3) is 0 Å². The zero-order valence-electron chi connectivity index (χ0n) is 11.2. The summed E-state index contributed by atoms with van der Waals surface area (Å²) in [6.07, 6.45) is 4.63. The summed E-state index contributed by atoms with van der Waals surface area (Å²) in [6, 6.07) is 0.